The fourth-order valence-corrected chi connectivity index (χ4v) is 4.36. The number of nitrogens with zero attached hydrogens (tertiary/aromatic N) is 1. The zero-order chi connectivity index (χ0) is 15.5. The van der Waals surface area contributed by atoms with Crippen molar-refractivity contribution in [2.24, 2.45) is 0 Å². The van der Waals surface area contributed by atoms with Crippen LogP contribution < -0.4 is 0 Å². The van der Waals surface area contributed by atoms with Crippen molar-refractivity contribution in [2.75, 3.05) is 31.6 Å². The summed E-state index contributed by atoms with van der Waals surface area (Å²) in [5, 5.41) is 0. The molecular weight excluding hydrogens is 310 g/mol. The van der Waals surface area contributed by atoms with Gasteiger partial charge in [-0.2, -0.15) is 0 Å². The molecule has 0 saturated carbocycles. The van der Waals surface area contributed by atoms with Crippen LogP contribution in [0.15, 0.2) is 34.1 Å². The van der Waals surface area contributed by atoms with E-state index in [0.717, 1.165) is 32.2 Å². The summed E-state index contributed by atoms with van der Waals surface area (Å²) < 4.78 is 47.3. The SMILES string of the molecule is CS(=O)(=O)c1ccc(S(=O)(=O)CCN2CCCCC2)cc1. The summed E-state index contributed by atoms with van der Waals surface area (Å²) in [6.45, 7) is 2.46. The lowest BCUT2D eigenvalue weighted by atomic mass is 10.1. The predicted octanol–water partition coefficient (Wildman–Crippen LogP) is 1.35. The third-order valence-electron chi connectivity index (χ3n) is 3.74. The van der Waals surface area contributed by atoms with Gasteiger partial charge < -0.3 is 4.90 Å². The molecule has 5 nitrogen and oxygen atoms in total. The maximum absolute atomic E-state index is 12.3. The van der Waals surface area contributed by atoms with E-state index < -0.39 is 19.7 Å². The van der Waals surface area contributed by atoms with Crippen LogP contribution >= 0.6 is 0 Å². The molecule has 7 heteroatoms. The molecule has 0 aliphatic carbocycles. The van der Waals surface area contributed by atoms with E-state index in [0.29, 0.717) is 6.54 Å². The van der Waals surface area contributed by atoms with Crippen LogP contribution in [0.4, 0.5) is 0 Å². The highest BCUT2D eigenvalue weighted by Crippen LogP contribution is 2.16. The van der Waals surface area contributed by atoms with Gasteiger partial charge in [0.2, 0.25) is 0 Å². The first kappa shape index (κ1) is 16.5. The van der Waals surface area contributed by atoms with Gasteiger partial charge in [-0.05, 0) is 50.2 Å². The second-order valence-corrected chi connectivity index (χ2v) is 9.59. The monoisotopic (exact) mass is 331 g/mol. The van der Waals surface area contributed by atoms with Crippen molar-refractivity contribution in [3.8, 4) is 0 Å². The number of sulfone groups is 2. The molecule has 1 saturated heterocycles. The van der Waals surface area contributed by atoms with Gasteiger partial charge in [0, 0.05) is 12.8 Å². The second-order valence-electron chi connectivity index (χ2n) is 5.46. The highest BCUT2D eigenvalue weighted by atomic mass is 32.2. The normalized spacial score (nSPS) is 17.8. The third-order valence-corrected chi connectivity index (χ3v) is 6.57. The van der Waals surface area contributed by atoms with Gasteiger partial charge in [-0.15, -0.1) is 0 Å². The largest absolute Gasteiger partial charge is 0.302 e. The highest BCUT2D eigenvalue weighted by Gasteiger charge is 2.18. The van der Waals surface area contributed by atoms with Crippen molar-refractivity contribution in [1.82, 2.24) is 4.90 Å². The molecule has 1 heterocycles. The molecule has 1 fully saturated rings. The van der Waals surface area contributed by atoms with Gasteiger partial charge in [-0.3, -0.25) is 0 Å². The van der Waals surface area contributed by atoms with E-state index in [1.807, 2.05) is 0 Å². The Labute approximate surface area is 126 Å². The first-order valence-electron chi connectivity index (χ1n) is 7.04. The van der Waals surface area contributed by atoms with E-state index in [4.69, 9.17) is 0 Å². The number of likely N-dealkylation sites (tertiary alicyclic amines) is 1. The Kier molecular flexibility index (Phi) is 5.06. The van der Waals surface area contributed by atoms with E-state index in [1.165, 1.54) is 30.7 Å². The summed E-state index contributed by atoms with van der Waals surface area (Å²) in [6, 6.07) is 5.45. The number of hydrogen-bond donors (Lipinski definition) is 0. The smallest absolute Gasteiger partial charge is 0.179 e. The minimum atomic E-state index is -3.36. The molecule has 1 aliphatic heterocycles. The lowest BCUT2D eigenvalue weighted by Crippen LogP contribution is -2.33. The Morgan fingerprint density at radius 2 is 1.43 bits per heavy atom. The fraction of sp³-hybridized carbons (Fsp3) is 0.571. The molecule has 0 radical (unpaired) electrons. The zero-order valence-electron chi connectivity index (χ0n) is 12.2. The van der Waals surface area contributed by atoms with E-state index in [-0.39, 0.29) is 15.5 Å². The van der Waals surface area contributed by atoms with Crippen molar-refractivity contribution in [2.45, 2.75) is 29.1 Å². The Hall–Kier alpha value is -0.920. The lowest BCUT2D eigenvalue weighted by molar-refractivity contribution is 0.241. The first-order valence-corrected chi connectivity index (χ1v) is 10.6. The van der Waals surface area contributed by atoms with Crippen LogP contribution in [0, 0.1) is 0 Å². The minimum Gasteiger partial charge on any atom is -0.302 e. The summed E-state index contributed by atoms with van der Waals surface area (Å²) >= 11 is 0. The summed E-state index contributed by atoms with van der Waals surface area (Å²) in [5.74, 6) is 0.0746. The van der Waals surface area contributed by atoms with Gasteiger partial charge in [-0.25, -0.2) is 16.8 Å². The molecule has 118 valence electrons. The second kappa shape index (κ2) is 6.46. The first-order chi connectivity index (χ1) is 9.79. The molecule has 1 aromatic rings. The van der Waals surface area contributed by atoms with Gasteiger partial charge in [0.05, 0.1) is 15.5 Å². The van der Waals surface area contributed by atoms with Gasteiger partial charge in [0.15, 0.2) is 19.7 Å². The molecule has 1 aromatic carbocycles. The highest BCUT2D eigenvalue weighted by molar-refractivity contribution is 7.91. The Morgan fingerprint density at radius 3 is 1.95 bits per heavy atom. The van der Waals surface area contributed by atoms with Crippen molar-refractivity contribution in [3.05, 3.63) is 24.3 Å². The molecule has 0 amide bonds. The molecule has 0 unspecified atom stereocenters. The molecule has 2 rings (SSSR count). The topological polar surface area (TPSA) is 71.5 Å². The summed E-state index contributed by atoms with van der Waals surface area (Å²) in [7, 11) is -6.66. The predicted molar refractivity (Wildman–Crippen MR) is 81.9 cm³/mol. The van der Waals surface area contributed by atoms with E-state index >= 15 is 0 Å². The van der Waals surface area contributed by atoms with Crippen LogP contribution in [0.2, 0.25) is 0 Å². The van der Waals surface area contributed by atoms with Crippen molar-refractivity contribution >= 4 is 19.7 Å². The lowest BCUT2D eigenvalue weighted by Gasteiger charge is -2.26. The number of piperidine rings is 1. The molecule has 0 spiro atoms. The summed E-state index contributed by atoms with van der Waals surface area (Å²) in [5.41, 5.74) is 0. The van der Waals surface area contributed by atoms with Crippen LogP contribution in [0.3, 0.4) is 0 Å². The number of benzene rings is 1. The Bertz CT molecular complexity index is 672. The number of hydrogen-bond acceptors (Lipinski definition) is 5. The Balaban J connectivity index is 2.05. The van der Waals surface area contributed by atoms with E-state index in [9.17, 15) is 16.8 Å². The standard InChI is InChI=1S/C14H21NO4S2/c1-20(16,17)13-5-7-14(8-6-13)21(18,19)12-11-15-9-3-2-4-10-15/h5-8H,2-4,9-12H2,1H3. The van der Waals surface area contributed by atoms with Crippen LogP contribution in [0.25, 0.3) is 0 Å². The number of rotatable bonds is 5. The molecule has 0 atom stereocenters. The van der Waals surface area contributed by atoms with E-state index in [1.54, 1.807) is 0 Å². The summed E-state index contributed by atoms with van der Waals surface area (Å²) in [4.78, 5) is 2.50. The van der Waals surface area contributed by atoms with Gasteiger partial charge in [0.25, 0.3) is 0 Å². The maximum atomic E-state index is 12.3. The van der Waals surface area contributed by atoms with Crippen LogP contribution in [-0.2, 0) is 19.7 Å². The average molecular weight is 331 g/mol. The minimum absolute atomic E-state index is 0.0746. The zero-order valence-corrected chi connectivity index (χ0v) is 13.8. The average Bonchev–Trinajstić information content (AvgIpc) is 2.46. The summed E-state index contributed by atoms with van der Waals surface area (Å²) in [6.07, 6.45) is 4.58. The molecule has 21 heavy (non-hydrogen) atoms. The van der Waals surface area contributed by atoms with Gasteiger partial charge in [0.1, 0.15) is 0 Å². The molecular formula is C14H21NO4S2. The van der Waals surface area contributed by atoms with Gasteiger partial charge in [-0.1, -0.05) is 6.42 Å². The molecule has 1 aliphatic rings. The van der Waals surface area contributed by atoms with Crippen LogP contribution in [0.1, 0.15) is 19.3 Å². The van der Waals surface area contributed by atoms with E-state index in [2.05, 4.69) is 4.90 Å². The maximum Gasteiger partial charge on any atom is 0.179 e. The fourth-order valence-electron chi connectivity index (χ4n) is 2.44. The van der Waals surface area contributed by atoms with Gasteiger partial charge >= 0.3 is 0 Å². The third kappa shape index (κ3) is 4.52. The van der Waals surface area contributed by atoms with Crippen molar-refractivity contribution in [1.29, 1.82) is 0 Å². The Morgan fingerprint density at radius 1 is 0.905 bits per heavy atom. The molecule has 0 N–H and O–H groups in total. The van der Waals surface area contributed by atoms with Crippen LogP contribution in [0.5, 0.6) is 0 Å². The van der Waals surface area contributed by atoms with Crippen molar-refractivity contribution < 1.29 is 16.8 Å². The molecule has 0 aromatic heterocycles. The van der Waals surface area contributed by atoms with Crippen molar-refractivity contribution in [3.63, 3.8) is 0 Å². The quantitative estimate of drug-likeness (QED) is 0.814. The van der Waals surface area contributed by atoms with Crippen LogP contribution in [-0.4, -0.2) is 53.4 Å². The molecule has 0 bridgehead atoms.